The summed E-state index contributed by atoms with van der Waals surface area (Å²) in [6, 6.07) is 6.45. The van der Waals surface area contributed by atoms with Crippen molar-refractivity contribution < 1.29 is 28.7 Å². The third kappa shape index (κ3) is 2.77. The van der Waals surface area contributed by atoms with E-state index in [1.54, 1.807) is 24.3 Å². The highest BCUT2D eigenvalue weighted by molar-refractivity contribution is 5.96. The molecule has 1 amide bonds. The summed E-state index contributed by atoms with van der Waals surface area (Å²) in [5, 5.41) is 2.61. The van der Waals surface area contributed by atoms with Gasteiger partial charge in [0.25, 0.3) is 5.91 Å². The van der Waals surface area contributed by atoms with Gasteiger partial charge in [-0.1, -0.05) is 0 Å². The maximum atomic E-state index is 12.4. The van der Waals surface area contributed by atoms with Crippen molar-refractivity contribution in [3.05, 3.63) is 29.8 Å². The molecular formula is C19H19NO6. The molecule has 0 radical (unpaired) electrons. The Morgan fingerprint density at radius 1 is 1.19 bits per heavy atom. The summed E-state index contributed by atoms with van der Waals surface area (Å²) in [5.41, 5.74) is 1.06. The van der Waals surface area contributed by atoms with E-state index in [1.807, 2.05) is 0 Å². The van der Waals surface area contributed by atoms with E-state index >= 15 is 0 Å². The number of esters is 2. The first-order chi connectivity index (χ1) is 12.4. The summed E-state index contributed by atoms with van der Waals surface area (Å²) in [5.74, 6) is -2.00. The SMILES string of the molecule is CC(=O)c1ccc(NC(=O)COC(=O)[C@@H]2[C@@H]3C[C@H]4[C@@H]2C(=O)O[C@@H]4C3)cc1. The lowest BCUT2D eigenvalue weighted by molar-refractivity contribution is -0.157. The number of Topliss-reactive ketones (excluding diaryl/α,β-unsaturated/α-hetero) is 1. The molecule has 7 nitrogen and oxygen atoms in total. The maximum absolute atomic E-state index is 12.4. The lowest BCUT2D eigenvalue weighted by Crippen LogP contribution is -2.34. The maximum Gasteiger partial charge on any atom is 0.310 e. The Kier molecular flexibility index (Phi) is 4.01. The fourth-order valence-electron chi connectivity index (χ4n) is 4.54. The molecule has 0 aromatic heterocycles. The Hall–Kier alpha value is -2.70. The average molecular weight is 357 g/mol. The fraction of sp³-hybridized carbons (Fsp3) is 0.474. The van der Waals surface area contributed by atoms with E-state index in [9.17, 15) is 19.2 Å². The van der Waals surface area contributed by atoms with E-state index in [-0.39, 0.29) is 29.7 Å². The van der Waals surface area contributed by atoms with Crippen molar-refractivity contribution in [1.82, 2.24) is 0 Å². The molecule has 4 rings (SSSR count). The number of anilines is 1. The highest BCUT2D eigenvalue weighted by atomic mass is 16.6. The van der Waals surface area contributed by atoms with E-state index in [1.165, 1.54) is 6.92 Å². The first-order valence-electron chi connectivity index (χ1n) is 8.72. The molecule has 1 saturated heterocycles. The van der Waals surface area contributed by atoms with Gasteiger partial charge in [-0.25, -0.2) is 0 Å². The van der Waals surface area contributed by atoms with Gasteiger partial charge >= 0.3 is 11.9 Å². The summed E-state index contributed by atoms with van der Waals surface area (Å²) in [6.45, 7) is 1.05. The molecule has 5 atom stereocenters. The molecular weight excluding hydrogens is 338 g/mol. The van der Waals surface area contributed by atoms with Crippen LogP contribution in [0.5, 0.6) is 0 Å². The minimum absolute atomic E-state index is 0.0391. The first kappa shape index (κ1) is 16.8. The second kappa shape index (κ2) is 6.23. The third-order valence-electron chi connectivity index (χ3n) is 5.68. The summed E-state index contributed by atoms with van der Waals surface area (Å²) in [6.07, 6.45) is 1.49. The predicted octanol–water partition coefficient (Wildman–Crippen LogP) is 1.57. The molecule has 1 aliphatic heterocycles. The van der Waals surface area contributed by atoms with Gasteiger partial charge in [-0.3, -0.25) is 19.2 Å². The van der Waals surface area contributed by atoms with E-state index in [0.717, 1.165) is 6.42 Å². The van der Waals surface area contributed by atoms with Crippen LogP contribution in [0.15, 0.2) is 24.3 Å². The molecule has 1 aromatic carbocycles. The number of rotatable bonds is 5. The Morgan fingerprint density at radius 3 is 2.62 bits per heavy atom. The van der Waals surface area contributed by atoms with E-state index in [0.29, 0.717) is 17.7 Å². The smallest absolute Gasteiger partial charge is 0.310 e. The largest absolute Gasteiger partial charge is 0.462 e. The number of hydrogen-bond acceptors (Lipinski definition) is 6. The van der Waals surface area contributed by atoms with Crippen LogP contribution >= 0.6 is 0 Å². The number of ether oxygens (including phenoxy) is 2. The average Bonchev–Trinajstić information content (AvgIpc) is 3.22. The highest BCUT2D eigenvalue weighted by Gasteiger charge is 2.64. The summed E-state index contributed by atoms with van der Waals surface area (Å²) in [4.78, 5) is 47.6. The number of amides is 1. The predicted molar refractivity (Wildman–Crippen MR) is 89.1 cm³/mol. The Morgan fingerprint density at radius 2 is 1.92 bits per heavy atom. The molecule has 7 heteroatoms. The molecule has 0 spiro atoms. The van der Waals surface area contributed by atoms with Crippen LogP contribution in [0.2, 0.25) is 0 Å². The first-order valence-corrected chi connectivity index (χ1v) is 8.72. The fourth-order valence-corrected chi connectivity index (χ4v) is 4.54. The third-order valence-corrected chi connectivity index (χ3v) is 5.68. The number of carbonyl (C=O) groups is 4. The lowest BCUT2D eigenvalue weighted by Gasteiger charge is -2.22. The van der Waals surface area contributed by atoms with Crippen LogP contribution < -0.4 is 5.32 Å². The number of ketones is 1. The summed E-state index contributed by atoms with van der Waals surface area (Å²) >= 11 is 0. The van der Waals surface area contributed by atoms with Gasteiger partial charge < -0.3 is 14.8 Å². The van der Waals surface area contributed by atoms with Crippen molar-refractivity contribution in [2.24, 2.45) is 23.7 Å². The number of fused-ring (bicyclic) bond motifs is 1. The number of nitrogens with one attached hydrogen (secondary N) is 1. The minimum atomic E-state index is -0.498. The number of benzene rings is 1. The monoisotopic (exact) mass is 357 g/mol. The topological polar surface area (TPSA) is 98.8 Å². The van der Waals surface area contributed by atoms with Gasteiger partial charge in [-0.05, 0) is 49.9 Å². The standard InChI is InChI=1S/C19H19NO6/c1-9(21)10-2-4-12(5-3-10)20-15(22)8-25-18(23)16-11-6-13-14(7-11)26-19(24)17(13)16/h2-5,11,13-14,16-17H,6-8H2,1H3,(H,20,22)/t11-,13-,14-,16-,17+/m1/s1. The van der Waals surface area contributed by atoms with Gasteiger partial charge in [-0.2, -0.15) is 0 Å². The van der Waals surface area contributed by atoms with Crippen molar-refractivity contribution in [2.45, 2.75) is 25.9 Å². The summed E-state index contributed by atoms with van der Waals surface area (Å²) in [7, 11) is 0. The Bertz CT molecular complexity index is 784. The zero-order chi connectivity index (χ0) is 18.4. The van der Waals surface area contributed by atoms with Crippen molar-refractivity contribution in [2.75, 3.05) is 11.9 Å². The van der Waals surface area contributed by atoms with Gasteiger partial charge in [0.05, 0.1) is 11.8 Å². The van der Waals surface area contributed by atoms with Crippen LogP contribution in [0.3, 0.4) is 0 Å². The van der Waals surface area contributed by atoms with Crippen molar-refractivity contribution in [3.8, 4) is 0 Å². The van der Waals surface area contributed by atoms with E-state index < -0.39 is 30.3 Å². The van der Waals surface area contributed by atoms with Crippen LogP contribution in [-0.2, 0) is 23.9 Å². The molecule has 136 valence electrons. The van der Waals surface area contributed by atoms with Crippen LogP contribution in [0.4, 0.5) is 5.69 Å². The van der Waals surface area contributed by atoms with Gasteiger partial charge in [0.15, 0.2) is 12.4 Å². The van der Waals surface area contributed by atoms with Crippen LogP contribution in [-0.4, -0.2) is 36.3 Å². The van der Waals surface area contributed by atoms with Crippen molar-refractivity contribution in [1.29, 1.82) is 0 Å². The van der Waals surface area contributed by atoms with Crippen molar-refractivity contribution >= 4 is 29.3 Å². The highest BCUT2D eigenvalue weighted by Crippen LogP contribution is 2.57. The van der Waals surface area contributed by atoms with Gasteiger partial charge in [0.2, 0.25) is 0 Å². The van der Waals surface area contributed by atoms with Crippen LogP contribution in [0.1, 0.15) is 30.1 Å². The second-order valence-electron chi connectivity index (χ2n) is 7.21. The van der Waals surface area contributed by atoms with E-state index in [4.69, 9.17) is 9.47 Å². The zero-order valence-corrected chi connectivity index (χ0v) is 14.3. The summed E-state index contributed by atoms with van der Waals surface area (Å²) < 4.78 is 10.5. The molecule has 26 heavy (non-hydrogen) atoms. The van der Waals surface area contributed by atoms with Gasteiger partial charge in [0.1, 0.15) is 6.10 Å². The normalized spacial score (nSPS) is 30.8. The van der Waals surface area contributed by atoms with E-state index in [2.05, 4.69) is 5.32 Å². The molecule has 0 unspecified atom stereocenters. The zero-order valence-electron chi connectivity index (χ0n) is 14.3. The van der Waals surface area contributed by atoms with Crippen molar-refractivity contribution in [3.63, 3.8) is 0 Å². The number of hydrogen-bond donors (Lipinski definition) is 1. The molecule has 3 fully saturated rings. The number of carbonyl (C=O) groups excluding carboxylic acids is 4. The molecule has 1 N–H and O–H groups in total. The molecule has 2 bridgehead atoms. The molecule has 2 saturated carbocycles. The molecule has 3 aliphatic rings. The quantitative estimate of drug-likeness (QED) is 0.634. The van der Waals surface area contributed by atoms with Crippen LogP contribution in [0.25, 0.3) is 0 Å². The molecule has 2 aliphatic carbocycles. The lowest BCUT2D eigenvalue weighted by atomic mass is 9.80. The Labute approximate surface area is 150 Å². The Balaban J connectivity index is 1.31. The van der Waals surface area contributed by atoms with Gasteiger partial charge in [0, 0.05) is 17.2 Å². The molecule has 1 heterocycles. The van der Waals surface area contributed by atoms with Crippen LogP contribution in [0, 0.1) is 23.7 Å². The van der Waals surface area contributed by atoms with Gasteiger partial charge in [-0.15, -0.1) is 0 Å². The minimum Gasteiger partial charge on any atom is -0.462 e. The molecule has 1 aromatic rings. The second-order valence-corrected chi connectivity index (χ2v) is 7.21.